The van der Waals surface area contributed by atoms with Gasteiger partial charge in [0.2, 0.25) is 5.95 Å². The molecule has 2 aromatic rings. The quantitative estimate of drug-likeness (QED) is 0.615. The summed E-state index contributed by atoms with van der Waals surface area (Å²) in [4.78, 5) is 8.13. The normalized spacial score (nSPS) is 10.3. The monoisotopic (exact) mass is 149 g/mol. The van der Waals surface area contributed by atoms with E-state index in [-0.39, 0.29) is 0 Å². The molecule has 0 aromatic carbocycles. The Kier molecular flexibility index (Phi) is 1.21. The summed E-state index contributed by atoms with van der Waals surface area (Å²) in [5.74, 6) is 0.599. The van der Waals surface area contributed by atoms with E-state index in [1.165, 1.54) is 0 Å². The van der Waals surface area contributed by atoms with E-state index < -0.39 is 0 Å². The largest absolute Gasteiger partial charge is 0.357 e. The molecule has 56 valence electrons. The van der Waals surface area contributed by atoms with E-state index in [0.717, 1.165) is 11.0 Å². The van der Waals surface area contributed by atoms with Crippen molar-refractivity contribution in [1.82, 2.24) is 20.2 Å². The van der Waals surface area contributed by atoms with Gasteiger partial charge in [0.25, 0.3) is 0 Å². The van der Waals surface area contributed by atoms with Crippen molar-refractivity contribution in [3.05, 3.63) is 12.4 Å². The summed E-state index contributed by atoms with van der Waals surface area (Å²) >= 11 is 0. The molecule has 0 aliphatic rings. The average Bonchev–Trinajstić information content (AvgIpc) is 2.50. The van der Waals surface area contributed by atoms with Gasteiger partial charge < -0.3 is 5.32 Å². The van der Waals surface area contributed by atoms with Crippen LogP contribution in [-0.4, -0.2) is 27.2 Å². The third-order valence-electron chi connectivity index (χ3n) is 1.41. The third-order valence-corrected chi connectivity index (χ3v) is 1.41. The predicted molar refractivity (Wildman–Crippen MR) is 41.2 cm³/mol. The molecule has 5 heteroatoms. The Morgan fingerprint density at radius 3 is 3.18 bits per heavy atom. The van der Waals surface area contributed by atoms with E-state index in [1.54, 1.807) is 19.4 Å². The maximum absolute atomic E-state index is 4.11. The first kappa shape index (κ1) is 6.09. The molecule has 0 radical (unpaired) electrons. The van der Waals surface area contributed by atoms with Crippen LogP contribution in [0.1, 0.15) is 0 Å². The lowest BCUT2D eigenvalue weighted by molar-refractivity contribution is 1.09. The Morgan fingerprint density at radius 1 is 1.45 bits per heavy atom. The first-order valence-electron chi connectivity index (χ1n) is 3.24. The lowest BCUT2D eigenvalue weighted by Crippen LogP contribution is -1.94. The highest BCUT2D eigenvalue weighted by molar-refractivity contribution is 5.73. The SMILES string of the molecule is CNc1ncc2cn[nH]c2n1. The van der Waals surface area contributed by atoms with E-state index in [1.807, 2.05) is 0 Å². The van der Waals surface area contributed by atoms with Gasteiger partial charge in [0, 0.05) is 13.2 Å². The number of aromatic nitrogens is 4. The molecule has 2 rings (SSSR count). The summed E-state index contributed by atoms with van der Waals surface area (Å²) in [6.07, 6.45) is 3.41. The molecule has 0 atom stereocenters. The minimum absolute atomic E-state index is 0.599. The number of anilines is 1. The second-order valence-corrected chi connectivity index (χ2v) is 2.12. The van der Waals surface area contributed by atoms with Crippen LogP contribution in [-0.2, 0) is 0 Å². The number of hydrogen-bond donors (Lipinski definition) is 2. The van der Waals surface area contributed by atoms with Crippen LogP contribution in [0.5, 0.6) is 0 Å². The van der Waals surface area contributed by atoms with Gasteiger partial charge in [0.1, 0.15) is 0 Å². The molecule has 0 fully saturated rings. The molecule has 0 spiro atoms. The Morgan fingerprint density at radius 2 is 2.36 bits per heavy atom. The Hall–Kier alpha value is -1.65. The standard InChI is InChI=1S/C6H7N5/c1-7-6-8-2-4-3-9-11-5(4)10-6/h2-3H,1H3,(H2,7,8,9,10,11). The topological polar surface area (TPSA) is 66.5 Å². The molecule has 0 unspecified atom stereocenters. The second-order valence-electron chi connectivity index (χ2n) is 2.12. The van der Waals surface area contributed by atoms with Crippen LogP contribution in [0.4, 0.5) is 5.95 Å². The molecular weight excluding hydrogens is 142 g/mol. The van der Waals surface area contributed by atoms with Gasteiger partial charge in [-0.2, -0.15) is 10.1 Å². The molecule has 2 aromatic heterocycles. The summed E-state index contributed by atoms with van der Waals surface area (Å²) < 4.78 is 0. The number of nitrogens with one attached hydrogen (secondary N) is 2. The highest BCUT2D eigenvalue weighted by atomic mass is 15.2. The van der Waals surface area contributed by atoms with Crippen LogP contribution in [0.3, 0.4) is 0 Å². The van der Waals surface area contributed by atoms with Gasteiger partial charge in [-0.05, 0) is 0 Å². The Balaban J connectivity index is 2.67. The summed E-state index contributed by atoms with van der Waals surface area (Å²) in [5, 5.41) is 10.3. The van der Waals surface area contributed by atoms with Crippen LogP contribution in [0.25, 0.3) is 11.0 Å². The fourth-order valence-corrected chi connectivity index (χ4v) is 0.859. The van der Waals surface area contributed by atoms with Gasteiger partial charge in [-0.1, -0.05) is 0 Å². The summed E-state index contributed by atoms with van der Waals surface area (Å²) in [5.41, 5.74) is 0.754. The van der Waals surface area contributed by atoms with Crippen LogP contribution < -0.4 is 5.32 Å². The van der Waals surface area contributed by atoms with Gasteiger partial charge in [0.05, 0.1) is 11.6 Å². The molecule has 0 aliphatic carbocycles. The smallest absolute Gasteiger partial charge is 0.224 e. The van der Waals surface area contributed by atoms with Gasteiger partial charge in [-0.3, -0.25) is 5.10 Å². The van der Waals surface area contributed by atoms with E-state index in [2.05, 4.69) is 25.5 Å². The minimum Gasteiger partial charge on any atom is -0.357 e. The number of hydrogen-bond acceptors (Lipinski definition) is 4. The minimum atomic E-state index is 0.599. The van der Waals surface area contributed by atoms with Crippen LogP contribution in [0, 0.1) is 0 Å². The molecule has 5 nitrogen and oxygen atoms in total. The summed E-state index contributed by atoms with van der Waals surface area (Å²) in [6.45, 7) is 0. The van der Waals surface area contributed by atoms with Crippen molar-refractivity contribution in [1.29, 1.82) is 0 Å². The molecule has 2 N–H and O–H groups in total. The van der Waals surface area contributed by atoms with Gasteiger partial charge in [0.15, 0.2) is 5.65 Å². The molecule has 0 saturated heterocycles. The third kappa shape index (κ3) is 0.899. The Bertz CT molecular complexity index is 366. The van der Waals surface area contributed by atoms with Crippen molar-refractivity contribution in [2.75, 3.05) is 12.4 Å². The molecular formula is C6H7N5. The summed E-state index contributed by atoms with van der Waals surface area (Å²) in [6, 6.07) is 0. The zero-order valence-corrected chi connectivity index (χ0v) is 6.00. The zero-order valence-electron chi connectivity index (χ0n) is 6.00. The Labute approximate surface area is 62.9 Å². The molecule has 0 saturated carbocycles. The van der Waals surface area contributed by atoms with E-state index in [4.69, 9.17) is 0 Å². The summed E-state index contributed by atoms with van der Waals surface area (Å²) in [7, 11) is 1.78. The lowest BCUT2D eigenvalue weighted by atomic mass is 10.4. The van der Waals surface area contributed by atoms with Crippen molar-refractivity contribution >= 4 is 17.0 Å². The molecule has 0 amide bonds. The highest BCUT2D eigenvalue weighted by Crippen LogP contribution is 2.06. The number of rotatable bonds is 1. The number of fused-ring (bicyclic) bond motifs is 1. The van der Waals surface area contributed by atoms with E-state index in [0.29, 0.717) is 5.95 Å². The number of nitrogens with zero attached hydrogens (tertiary/aromatic N) is 3. The first-order valence-corrected chi connectivity index (χ1v) is 3.24. The molecule has 2 heterocycles. The van der Waals surface area contributed by atoms with Crippen LogP contribution >= 0.6 is 0 Å². The predicted octanol–water partition coefficient (Wildman–Crippen LogP) is 0.395. The maximum atomic E-state index is 4.11. The fourth-order valence-electron chi connectivity index (χ4n) is 0.859. The lowest BCUT2D eigenvalue weighted by Gasteiger charge is -1.94. The van der Waals surface area contributed by atoms with Crippen molar-refractivity contribution in [3.8, 4) is 0 Å². The fraction of sp³-hybridized carbons (Fsp3) is 0.167. The van der Waals surface area contributed by atoms with Crippen molar-refractivity contribution in [2.45, 2.75) is 0 Å². The van der Waals surface area contributed by atoms with Crippen LogP contribution in [0.15, 0.2) is 12.4 Å². The van der Waals surface area contributed by atoms with Crippen molar-refractivity contribution in [2.24, 2.45) is 0 Å². The zero-order chi connectivity index (χ0) is 7.68. The van der Waals surface area contributed by atoms with Crippen molar-refractivity contribution in [3.63, 3.8) is 0 Å². The van der Waals surface area contributed by atoms with Gasteiger partial charge in [-0.25, -0.2) is 4.98 Å². The van der Waals surface area contributed by atoms with Gasteiger partial charge in [-0.15, -0.1) is 0 Å². The number of H-pyrrole nitrogens is 1. The van der Waals surface area contributed by atoms with E-state index >= 15 is 0 Å². The average molecular weight is 149 g/mol. The van der Waals surface area contributed by atoms with E-state index in [9.17, 15) is 0 Å². The maximum Gasteiger partial charge on any atom is 0.224 e. The second kappa shape index (κ2) is 2.19. The number of aromatic amines is 1. The molecule has 0 aliphatic heterocycles. The van der Waals surface area contributed by atoms with Crippen molar-refractivity contribution < 1.29 is 0 Å². The van der Waals surface area contributed by atoms with Crippen LogP contribution in [0.2, 0.25) is 0 Å². The first-order chi connectivity index (χ1) is 5.40. The van der Waals surface area contributed by atoms with Gasteiger partial charge >= 0.3 is 0 Å². The highest BCUT2D eigenvalue weighted by Gasteiger charge is 1.97. The molecule has 0 bridgehead atoms. The molecule has 11 heavy (non-hydrogen) atoms.